The van der Waals surface area contributed by atoms with Gasteiger partial charge in [0.25, 0.3) is 0 Å². The van der Waals surface area contributed by atoms with Crippen molar-refractivity contribution in [3.63, 3.8) is 0 Å². The fourth-order valence-electron chi connectivity index (χ4n) is 1.53. The van der Waals surface area contributed by atoms with Gasteiger partial charge in [-0.05, 0) is 6.92 Å². The van der Waals surface area contributed by atoms with Crippen LogP contribution in [0.15, 0.2) is 10.6 Å². The van der Waals surface area contributed by atoms with E-state index in [0.29, 0.717) is 32.1 Å². The molecule has 0 radical (unpaired) electrons. The Morgan fingerprint density at radius 1 is 1.75 bits per heavy atom. The van der Waals surface area contributed by atoms with Crippen molar-refractivity contribution in [3.05, 3.63) is 17.5 Å². The van der Waals surface area contributed by atoms with Crippen LogP contribution in [0.25, 0.3) is 0 Å². The molecule has 0 aliphatic carbocycles. The number of amides is 1. The van der Waals surface area contributed by atoms with Crippen molar-refractivity contribution >= 4 is 5.91 Å². The number of rotatable bonds is 3. The second-order valence-electron chi connectivity index (χ2n) is 3.73. The van der Waals surface area contributed by atoms with Crippen LogP contribution >= 0.6 is 0 Å². The van der Waals surface area contributed by atoms with Gasteiger partial charge in [0.2, 0.25) is 5.91 Å². The van der Waals surface area contributed by atoms with Crippen LogP contribution in [0.4, 0.5) is 0 Å². The summed E-state index contributed by atoms with van der Waals surface area (Å²) in [6.45, 7) is 3.98. The highest BCUT2D eigenvalue weighted by Gasteiger charge is 2.20. The zero-order valence-electron chi connectivity index (χ0n) is 9.16. The maximum absolute atomic E-state index is 11.7. The van der Waals surface area contributed by atoms with E-state index in [1.165, 1.54) is 0 Å². The maximum atomic E-state index is 11.7. The van der Waals surface area contributed by atoms with Crippen LogP contribution in [-0.4, -0.2) is 36.9 Å². The number of hydrogen-bond acceptors (Lipinski definition) is 5. The van der Waals surface area contributed by atoms with Crippen LogP contribution in [-0.2, 0) is 16.1 Å². The Bertz CT molecular complexity index is 358. The number of nitrogens with one attached hydrogen (secondary N) is 2. The highest BCUT2D eigenvalue weighted by Crippen LogP contribution is 2.01. The molecule has 6 nitrogen and oxygen atoms in total. The molecule has 16 heavy (non-hydrogen) atoms. The Hall–Kier alpha value is -1.40. The van der Waals surface area contributed by atoms with Gasteiger partial charge in [-0.25, -0.2) is 0 Å². The largest absolute Gasteiger partial charge is 0.378 e. The van der Waals surface area contributed by atoms with Gasteiger partial charge < -0.3 is 19.9 Å². The van der Waals surface area contributed by atoms with Gasteiger partial charge in [0, 0.05) is 12.6 Å². The Morgan fingerprint density at radius 3 is 3.25 bits per heavy atom. The predicted octanol–water partition coefficient (Wildman–Crippen LogP) is -0.412. The van der Waals surface area contributed by atoms with Crippen LogP contribution in [0.1, 0.15) is 11.5 Å². The molecule has 1 unspecified atom stereocenters. The monoisotopic (exact) mass is 225 g/mol. The minimum Gasteiger partial charge on any atom is -0.378 e. The number of carbonyl (C=O) groups is 1. The van der Waals surface area contributed by atoms with E-state index in [9.17, 15) is 4.79 Å². The molecule has 0 bridgehead atoms. The van der Waals surface area contributed by atoms with Crippen LogP contribution in [0.2, 0.25) is 0 Å². The third kappa shape index (κ3) is 2.80. The van der Waals surface area contributed by atoms with Crippen molar-refractivity contribution in [1.29, 1.82) is 0 Å². The van der Waals surface area contributed by atoms with Gasteiger partial charge in [-0.3, -0.25) is 4.79 Å². The Labute approximate surface area is 93.3 Å². The first-order valence-corrected chi connectivity index (χ1v) is 5.27. The molecule has 2 heterocycles. The van der Waals surface area contributed by atoms with Gasteiger partial charge in [0.1, 0.15) is 6.04 Å². The molecule has 0 saturated carbocycles. The van der Waals surface area contributed by atoms with Crippen LogP contribution < -0.4 is 10.6 Å². The van der Waals surface area contributed by atoms with Crippen LogP contribution in [0.3, 0.4) is 0 Å². The van der Waals surface area contributed by atoms with Crippen molar-refractivity contribution < 1.29 is 14.1 Å². The van der Waals surface area contributed by atoms with Crippen molar-refractivity contribution in [1.82, 2.24) is 15.8 Å². The van der Waals surface area contributed by atoms with E-state index in [1.807, 2.05) is 6.92 Å². The summed E-state index contributed by atoms with van der Waals surface area (Å²) in [6.07, 6.45) is 0. The summed E-state index contributed by atoms with van der Waals surface area (Å²) in [5, 5.41) is 9.58. The molecular weight excluding hydrogens is 210 g/mol. The first-order valence-electron chi connectivity index (χ1n) is 5.27. The van der Waals surface area contributed by atoms with E-state index in [0.717, 1.165) is 5.69 Å². The fraction of sp³-hybridized carbons (Fsp3) is 0.600. The SMILES string of the molecule is Cc1cc(CNC(=O)C2COCCN2)on1. The number of morpholine rings is 1. The predicted molar refractivity (Wildman–Crippen MR) is 55.7 cm³/mol. The molecule has 0 aromatic carbocycles. The first-order chi connectivity index (χ1) is 7.75. The average molecular weight is 225 g/mol. The Balaban J connectivity index is 1.78. The van der Waals surface area contributed by atoms with E-state index in [4.69, 9.17) is 9.26 Å². The molecule has 1 amide bonds. The lowest BCUT2D eigenvalue weighted by molar-refractivity contribution is -0.126. The average Bonchev–Trinajstić information content (AvgIpc) is 2.73. The first kappa shape index (κ1) is 11.1. The normalized spacial score (nSPS) is 20.7. The Morgan fingerprint density at radius 2 is 2.62 bits per heavy atom. The van der Waals surface area contributed by atoms with Gasteiger partial charge in [-0.15, -0.1) is 0 Å². The van der Waals surface area contributed by atoms with Gasteiger partial charge in [0.05, 0.1) is 25.5 Å². The molecule has 88 valence electrons. The van der Waals surface area contributed by atoms with E-state index >= 15 is 0 Å². The molecule has 1 aliphatic heterocycles. The summed E-state index contributed by atoms with van der Waals surface area (Å²) >= 11 is 0. The third-order valence-electron chi connectivity index (χ3n) is 2.35. The lowest BCUT2D eigenvalue weighted by Crippen LogP contribution is -2.51. The molecule has 1 saturated heterocycles. The third-order valence-corrected chi connectivity index (χ3v) is 2.35. The van der Waals surface area contributed by atoms with Crippen molar-refractivity contribution in [3.8, 4) is 0 Å². The summed E-state index contributed by atoms with van der Waals surface area (Å²) in [6, 6.07) is 1.53. The number of aryl methyl sites for hydroxylation is 1. The van der Waals surface area contributed by atoms with Crippen LogP contribution in [0.5, 0.6) is 0 Å². The van der Waals surface area contributed by atoms with E-state index in [-0.39, 0.29) is 11.9 Å². The number of aromatic nitrogens is 1. The molecule has 2 N–H and O–H groups in total. The Kier molecular flexibility index (Phi) is 3.53. The van der Waals surface area contributed by atoms with Crippen LogP contribution in [0, 0.1) is 6.92 Å². The molecule has 1 aromatic rings. The molecule has 2 rings (SSSR count). The number of hydrogen-bond donors (Lipinski definition) is 2. The highest BCUT2D eigenvalue weighted by atomic mass is 16.5. The van der Waals surface area contributed by atoms with Gasteiger partial charge >= 0.3 is 0 Å². The molecule has 6 heteroatoms. The number of ether oxygens (including phenoxy) is 1. The van der Waals surface area contributed by atoms with Gasteiger partial charge in [-0.1, -0.05) is 5.16 Å². The highest BCUT2D eigenvalue weighted by molar-refractivity contribution is 5.81. The number of carbonyl (C=O) groups excluding carboxylic acids is 1. The topological polar surface area (TPSA) is 76.4 Å². The van der Waals surface area contributed by atoms with Gasteiger partial charge in [-0.2, -0.15) is 0 Å². The second kappa shape index (κ2) is 5.09. The zero-order valence-corrected chi connectivity index (χ0v) is 9.16. The fourth-order valence-corrected chi connectivity index (χ4v) is 1.53. The molecule has 1 aliphatic rings. The minimum atomic E-state index is -0.266. The molecule has 0 spiro atoms. The number of nitrogens with zero attached hydrogens (tertiary/aromatic N) is 1. The second-order valence-corrected chi connectivity index (χ2v) is 3.73. The van der Waals surface area contributed by atoms with E-state index in [2.05, 4.69) is 15.8 Å². The summed E-state index contributed by atoms with van der Waals surface area (Å²) in [7, 11) is 0. The summed E-state index contributed by atoms with van der Waals surface area (Å²) < 4.78 is 10.2. The van der Waals surface area contributed by atoms with Crippen molar-refractivity contribution in [2.24, 2.45) is 0 Å². The van der Waals surface area contributed by atoms with E-state index < -0.39 is 0 Å². The molecule has 1 aromatic heterocycles. The molecular formula is C10H15N3O3. The summed E-state index contributed by atoms with van der Waals surface area (Å²) in [4.78, 5) is 11.7. The van der Waals surface area contributed by atoms with Gasteiger partial charge in [0.15, 0.2) is 5.76 Å². The van der Waals surface area contributed by atoms with Crippen molar-refractivity contribution in [2.75, 3.05) is 19.8 Å². The maximum Gasteiger partial charge on any atom is 0.239 e. The lowest BCUT2D eigenvalue weighted by atomic mass is 10.2. The minimum absolute atomic E-state index is 0.0752. The molecule has 1 fully saturated rings. The zero-order chi connectivity index (χ0) is 11.4. The lowest BCUT2D eigenvalue weighted by Gasteiger charge is -2.22. The summed E-state index contributed by atoms with van der Waals surface area (Å²) in [5.74, 6) is 0.580. The van der Waals surface area contributed by atoms with E-state index in [1.54, 1.807) is 6.07 Å². The van der Waals surface area contributed by atoms with Crippen molar-refractivity contribution in [2.45, 2.75) is 19.5 Å². The quantitative estimate of drug-likeness (QED) is 0.731. The summed E-state index contributed by atoms with van der Waals surface area (Å²) in [5.41, 5.74) is 0.809. The smallest absolute Gasteiger partial charge is 0.239 e. The standard InChI is InChI=1S/C10H15N3O3/c1-7-4-8(16-13-7)5-12-10(14)9-6-15-3-2-11-9/h4,9,11H,2-3,5-6H2,1H3,(H,12,14). The molecule has 1 atom stereocenters.